The standard InChI is InChI=1S/C20H24F3N3O4/c1-2-29-18(28)15-12-30-19(25-15)24-8-4-10-26-9-3-5-17(27)14-11-13(20(21,22)23)6-7-16(14)26/h6-7,11-12,17,27H,2-5,8-10H2,1H3,(H,24,25). The molecule has 10 heteroatoms. The van der Waals surface area contributed by atoms with Gasteiger partial charge in [0.25, 0.3) is 6.01 Å². The maximum atomic E-state index is 13.0. The van der Waals surface area contributed by atoms with Crippen molar-refractivity contribution in [3.05, 3.63) is 41.3 Å². The predicted molar refractivity (Wildman–Crippen MR) is 103 cm³/mol. The number of halogens is 3. The van der Waals surface area contributed by atoms with Crippen LogP contribution in [0.15, 0.2) is 28.9 Å². The zero-order valence-corrected chi connectivity index (χ0v) is 16.5. The van der Waals surface area contributed by atoms with Gasteiger partial charge in [0.2, 0.25) is 0 Å². The number of anilines is 2. The van der Waals surface area contributed by atoms with Gasteiger partial charge < -0.3 is 24.5 Å². The average Bonchev–Trinajstić information content (AvgIpc) is 3.11. The first-order valence-electron chi connectivity index (χ1n) is 9.80. The summed E-state index contributed by atoms with van der Waals surface area (Å²) in [5, 5.41) is 13.3. The minimum absolute atomic E-state index is 0.0789. The molecule has 2 N–H and O–H groups in total. The van der Waals surface area contributed by atoms with Crippen molar-refractivity contribution in [1.29, 1.82) is 0 Å². The molecule has 2 heterocycles. The number of hydrogen-bond acceptors (Lipinski definition) is 7. The van der Waals surface area contributed by atoms with E-state index in [2.05, 4.69) is 10.3 Å². The van der Waals surface area contributed by atoms with E-state index >= 15 is 0 Å². The lowest BCUT2D eigenvalue weighted by atomic mass is 10.0. The van der Waals surface area contributed by atoms with Gasteiger partial charge in [0, 0.05) is 30.9 Å². The van der Waals surface area contributed by atoms with Gasteiger partial charge in [0.05, 0.1) is 18.3 Å². The number of benzene rings is 1. The number of aliphatic hydroxyl groups excluding tert-OH is 1. The van der Waals surface area contributed by atoms with Crippen molar-refractivity contribution < 1.29 is 32.2 Å². The maximum absolute atomic E-state index is 13.0. The Hall–Kier alpha value is -2.75. The molecule has 164 valence electrons. The van der Waals surface area contributed by atoms with Crippen LogP contribution in [0.25, 0.3) is 0 Å². The van der Waals surface area contributed by atoms with E-state index in [-0.39, 0.29) is 18.3 Å². The molecule has 1 aliphatic heterocycles. The Balaban J connectivity index is 1.60. The zero-order valence-electron chi connectivity index (χ0n) is 16.5. The SMILES string of the molecule is CCOC(=O)c1coc(NCCCN2CCCC(O)c3cc(C(F)(F)F)ccc32)n1. The van der Waals surface area contributed by atoms with Crippen molar-refractivity contribution in [3.63, 3.8) is 0 Å². The van der Waals surface area contributed by atoms with Gasteiger partial charge in [0.15, 0.2) is 5.69 Å². The quantitative estimate of drug-likeness (QED) is 0.510. The van der Waals surface area contributed by atoms with E-state index in [0.717, 1.165) is 12.1 Å². The van der Waals surface area contributed by atoms with Crippen molar-refractivity contribution in [2.45, 2.75) is 38.5 Å². The third kappa shape index (κ3) is 5.24. The molecule has 0 spiro atoms. The highest BCUT2D eigenvalue weighted by Gasteiger charge is 2.32. The molecule has 3 rings (SSSR count). The van der Waals surface area contributed by atoms with Crippen LogP contribution in [0.3, 0.4) is 0 Å². The topological polar surface area (TPSA) is 87.8 Å². The number of fused-ring (bicyclic) bond motifs is 1. The highest BCUT2D eigenvalue weighted by atomic mass is 19.4. The summed E-state index contributed by atoms with van der Waals surface area (Å²) < 4.78 is 49.1. The zero-order chi connectivity index (χ0) is 21.7. The van der Waals surface area contributed by atoms with E-state index < -0.39 is 23.8 Å². The lowest BCUT2D eigenvalue weighted by Crippen LogP contribution is -2.27. The number of carbonyl (C=O) groups is 1. The first-order valence-corrected chi connectivity index (χ1v) is 9.80. The summed E-state index contributed by atoms with van der Waals surface area (Å²) in [4.78, 5) is 17.6. The second kappa shape index (κ2) is 9.38. The summed E-state index contributed by atoms with van der Waals surface area (Å²) in [6.07, 6.45) is -2.42. The summed E-state index contributed by atoms with van der Waals surface area (Å²) in [6.45, 7) is 3.63. The van der Waals surface area contributed by atoms with Crippen molar-refractivity contribution in [2.24, 2.45) is 0 Å². The summed E-state index contributed by atoms with van der Waals surface area (Å²) in [6, 6.07) is 3.71. The molecule has 0 radical (unpaired) electrons. The van der Waals surface area contributed by atoms with Crippen LogP contribution in [0.2, 0.25) is 0 Å². The first-order chi connectivity index (χ1) is 14.3. The molecule has 0 amide bonds. The molecule has 0 saturated heterocycles. The Bertz CT molecular complexity index is 869. The molecule has 30 heavy (non-hydrogen) atoms. The third-order valence-corrected chi connectivity index (χ3v) is 4.83. The summed E-state index contributed by atoms with van der Waals surface area (Å²) in [5.41, 5.74) is 0.246. The lowest BCUT2D eigenvalue weighted by molar-refractivity contribution is -0.137. The van der Waals surface area contributed by atoms with Crippen molar-refractivity contribution in [1.82, 2.24) is 4.98 Å². The van der Waals surface area contributed by atoms with Gasteiger partial charge >= 0.3 is 12.1 Å². The predicted octanol–water partition coefficient (Wildman–Crippen LogP) is 4.01. The van der Waals surface area contributed by atoms with E-state index in [1.54, 1.807) is 6.92 Å². The molecule has 1 atom stereocenters. The van der Waals surface area contributed by atoms with Gasteiger partial charge in [0.1, 0.15) is 6.26 Å². The lowest BCUT2D eigenvalue weighted by Gasteiger charge is -2.26. The van der Waals surface area contributed by atoms with Gasteiger partial charge in [-0.15, -0.1) is 0 Å². The van der Waals surface area contributed by atoms with Crippen LogP contribution in [0, 0.1) is 0 Å². The second-order valence-corrected chi connectivity index (χ2v) is 6.96. The first kappa shape index (κ1) is 21.9. The number of carbonyl (C=O) groups excluding carboxylic acids is 1. The van der Waals surface area contributed by atoms with E-state index in [1.807, 2.05) is 4.90 Å². The number of aliphatic hydroxyl groups is 1. The monoisotopic (exact) mass is 427 g/mol. The number of nitrogens with one attached hydrogen (secondary N) is 1. The molecule has 2 aromatic rings. The Labute approximate surface area is 171 Å². The molecular weight excluding hydrogens is 403 g/mol. The number of nitrogens with zero attached hydrogens (tertiary/aromatic N) is 2. The third-order valence-electron chi connectivity index (χ3n) is 4.83. The Morgan fingerprint density at radius 3 is 2.97 bits per heavy atom. The molecule has 1 aromatic heterocycles. The maximum Gasteiger partial charge on any atom is 0.416 e. The minimum atomic E-state index is -4.45. The number of hydrogen-bond donors (Lipinski definition) is 2. The highest BCUT2D eigenvalue weighted by Crippen LogP contribution is 2.38. The molecule has 1 aromatic carbocycles. The molecule has 1 unspecified atom stereocenters. The number of aromatic nitrogens is 1. The van der Waals surface area contributed by atoms with Crippen LogP contribution in [0.1, 0.15) is 53.9 Å². The smallest absolute Gasteiger partial charge is 0.416 e. The number of ether oxygens (including phenoxy) is 1. The van der Waals surface area contributed by atoms with Crippen LogP contribution in [-0.4, -0.2) is 42.3 Å². The molecule has 1 aliphatic rings. The Kier molecular flexibility index (Phi) is 6.86. The van der Waals surface area contributed by atoms with Crippen molar-refractivity contribution >= 4 is 17.7 Å². The molecule has 0 saturated carbocycles. The fourth-order valence-electron chi connectivity index (χ4n) is 3.39. The number of alkyl halides is 3. The van der Waals surface area contributed by atoms with Gasteiger partial charge in [-0.05, 0) is 44.4 Å². The molecule has 0 fully saturated rings. The fraction of sp³-hybridized carbons (Fsp3) is 0.500. The molecule has 7 nitrogen and oxygen atoms in total. The summed E-state index contributed by atoms with van der Waals surface area (Å²) in [5.74, 6) is -0.563. The van der Waals surface area contributed by atoms with E-state index in [1.165, 1.54) is 12.3 Å². The number of esters is 1. The number of oxazole rings is 1. The van der Waals surface area contributed by atoms with Crippen molar-refractivity contribution in [3.8, 4) is 0 Å². The van der Waals surface area contributed by atoms with Crippen LogP contribution in [-0.2, 0) is 10.9 Å². The largest absolute Gasteiger partial charge is 0.461 e. The second-order valence-electron chi connectivity index (χ2n) is 6.96. The normalized spacial score (nSPS) is 16.7. The van der Waals surface area contributed by atoms with E-state index in [4.69, 9.17) is 9.15 Å². The van der Waals surface area contributed by atoms with E-state index in [0.29, 0.717) is 50.1 Å². The van der Waals surface area contributed by atoms with Crippen LogP contribution < -0.4 is 10.2 Å². The average molecular weight is 427 g/mol. The number of rotatable bonds is 7. The van der Waals surface area contributed by atoms with Gasteiger partial charge in [-0.25, -0.2) is 4.79 Å². The molecular formula is C20H24F3N3O4. The highest BCUT2D eigenvalue weighted by molar-refractivity contribution is 5.87. The van der Waals surface area contributed by atoms with Gasteiger partial charge in [-0.3, -0.25) is 0 Å². The summed E-state index contributed by atoms with van der Waals surface area (Å²) >= 11 is 0. The van der Waals surface area contributed by atoms with Crippen LogP contribution in [0.4, 0.5) is 24.9 Å². The Morgan fingerprint density at radius 2 is 2.23 bits per heavy atom. The van der Waals surface area contributed by atoms with Gasteiger partial charge in [-0.1, -0.05) is 0 Å². The van der Waals surface area contributed by atoms with Crippen LogP contribution >= 0.6 is 0 Å². The molecule has 0 bridgehead atoms. The summed E-state index contributed by atoms with van der Waals surface area (Å²) in [7, 11) is 0. The van der Waals surface area contributed by atoms with Crippen molar-refractivity contribution in [2.75, 3.05) is 36.5 Å². The van der Waals surface area contributed by atoms with E-state index in [9.17, 15) is 23.1 Å². The van der Waals surface area contributed by atoms with Gasteiger partial charge in [-0.2, -0.15) is 18.2 Å². The van der Waals surface area contributed by atoms with Crippen LogP contribution in [0.5, 0.6) is 0 Å². The fourth-order valence-corrected chi connectivity index (χ4v) is 3.39. The molecule has 0 aliphatic carbocycles. The Morgan fingerprint density at radius 1 is 1.43 bits per heavy atom. The minimum Gasteiger partial charge on any atom is -0.461 e.